The van der Waals surface area contributed by atoms with E-state index in [1.54, 1.807) is 11.3 Å². The fourth-order valence-electron chi connectivity index (χ4n) is 2.91. The first-order valence-corrected chi connectivity index (χ1v) is 8.03. The lowest BCUT2D eigenvalue weighted by atomic mass is 10.2. The van der Waals surface area contributed by atoms with Gasteiger partial charge in [0.1, 0.15) is 0 Å². The Morgan fingerprint density at radius 1 is 1.30 bits per heavy atom. The molecule has 0 atom stereocenters. The van der Waals surface area contributed by atoms with Crippen LogP contribution in [-0.2, 0) is 6.54 Å². The average Bonchev–Trinajstić information content (AvgIpc) is 3.15. The Hall–Kier alpha value is -1.55. The molecule has 2 aromatic heterocycles. The molecule has 0 unspecified atom stereocenters. The maximum absolute atomic E-state index is 12.6. The highest BCUT2D eigenvalue weighted by molar-refractivity contribution is 7.09. The first kappa shape index (κ1) is 13.4. The molecule has 1 aliphatic rings. The molecule has 0 saturated carbocycles. The van der Waals surface area contributed by atoms with E-state index in [9.17, 15) is 4.79 Å². The lowest BCUT2D eigenvalue weighted by Crippen LogP contribution is -2.28. The maximum Gasteiger partial charge on any atom is 0.255 e. The summed E-state index contributed by atoms with van der Waals surface area (Å²) in [6.45, 7) is 6.83. The van der Waals surface area contributed by atoms with Crippen LogP contribution in [0.1, 0.15) is 39.5 Å². The van der Waals surface area contributed by atoms with E-state index in [2.05, 4.69) is 35.9 Å². The van der Waals surface area contributed by atoms with Crippen molar-refractivity contribution >= 4 is 17.2 Å². The minimum Gasteiger partial charge on any atom is -0.343 e. The molecule has 0 radical (unpaired) electrons. The fraction of sp³-hybridized carbons (Fsp3) is 0.438. The third kappa shape index (κ3) is 2.40. The van der Waals surface area contributed by atoms with Gasteiger partial charge in [-0.2, -0.15) is 0 Å². The predicted molar refractivity (Wildman–Crippen MR) is 82.5 cm³/mol. The van der Waals surface area contributed by atoms with Crippen molar-refractivity contribution < 1.29 is 4.79 Å². The molecular formula is C16H20N2OS. The quantitative estimate of drug-likeness (QED) is 0.849. The van der Waals surface area contributed by atoms with Crippen molar-refractivity contribution in [2.75, 3.05) is 13.1 Å². The van der Waals surface area contributed by atoms with E-state index in [-0.39, 0.29) is 5.91 Å². The van der Waals surface area contributed by atoms with Crippen molar-refractivity contribution in [3.63, 3.8) is 0 Å². The minimum absolute atomic E-state index is 0.202. The standard InChI is InChI=1S/C16H20N2OS/c1-12-10-15(16(19)17-7-3-4-8-17)13(2)18(12)11-14-6-5-9-20-14/h5-6,9-10H,3-4,7-8,11H2,1-2H3. The Kier molecular flexibility index (Phi) is 3.66. The number of nitrogens with zero attached hydrogens (tertiary/aromatic N) is 2. The maximum atomic E-state index is 12.6. The molecule has 0 aliphatic carbocycles. The highest BCUT2D eigenvalue weighted by Crippen LogP contribution is 2.22. The van der Waals surface area contributed by atoms with Crippen LogP contribution in [-0.4, -0.2) is 28.5 Å². The summed E-state index contributed by atoms with van der Waals surface area (Å²) in [4.78, 5) is 15.9. The van der Waals surface area contributed by atoms with Crippen LogP contribution in [0.15, 0.2) is 23.6 Å². The largest absolute Gasteiger partial charge is 0.343 e. The molecule has 20 heavy (non-hydrogen) atoms. The van der Waals surface area contributed by atoms with Crippen LogP contribution in [0.5, 0.6) is 0 Å². The number of hydrogen-bond acceptors (Lipinski definition) is 2. The zero-order valence-corrected chi connectivity index (χ0v) is 12.9. The summed E-state index contributed by atoms with van der Waals surface area (Å²) in [6.07, 6.45) is 2.28. The Morgan fingerprint density at radius 3 is 2.70 bits per heavy atom. The fourth-order valence-corrected chi connectivity index (χ4v) is 3.60. The van der Waals surface area contributed by atoms with Gasteiger partial charge in [-0.25, -0.2) is 0 Å². The molecule has 2 aromatic rings. The van der Waals surface area contributed by atoms with Gasteiger partial charge in [0.25, 0.3) is 5.91 Å². The van der Waals surface area contributed by atoms with E-state index in [4.69, 9.17) is 0 Å². The van der Waals surface area contributed by atoms with Gasteiger partial charge < -0.3 is 9.47 Å². The van der Waals surface area contributed by atoms with E-state index in [1.165, 1.54) is 10.6 Å². The van der Waals surface area contributed by atoms with Gasteiger partial charge in [0.2, 0.25) is 0 Å². The molecule has 3 heterocycles. The van der Waals surface area contributed by atoms with Crippen molar-refractivity contribution in [3.05, 3.63) is 45.4 Å². The highest BCUT2D eigenvalue weighted by atomic mass is 32.1. The van der Waals surface area contributed by atoms with E-state index >= 15 is 0 Å². The first-order chi connectivity index (χ1) is 9.66. The molecule has 0 bridgehead atoms. The molecule has 1 aliphatic heterocycles. The van der Waals surface area contributed by atoms with Crippen molar-refractivity contribution in [1.82, 2.24) is 9.47 Å². The molecule has 1 saturated heterocycles. The second-order valence-corrected chi connectivity index (χ2v) is 6.48. The van der Waals surface area contributed by atoms with Gasteiger partial charge in [-0.3, -0.25) is 4.79 Å². The minimum atomic E-state index is 0.202. The lowest BCUT2D eigenvalue weighted by Gasteiger charge is -2.15. The van der Waals surface area contributed by atoms with E-state index in [0.717, 1.165) is 43.7 Å². The van der Waals surface area contributed by atoms with Crippen LogP contribution in [0, 0.1) is 13.8 Å². The Bertz CT molecular complexity index is 607. The number of rotatable bonds is 3. The molecule has 0 spiro atoms. The molecule has 3 nitrogen and oxygen atoms in total. The number of thiophene rings is 1. The van der Waals surface area contributed by atoms with E-state index in [0.29, 0.717) is 0 Å². The SMILES string of the molecule is Cc1cc(C(=O)N2CCCC2)c(C)n1Cc1cccs1. The summed E-state index contributed by atoms with van der Waals surface area (Å²) in [5.74, 6) is 0.202. The van der Waals surface area contributed by atoms with Crippen molar-refractivity contribution in [1.29, 1.82) is 0 Å². The zero-order chi connectivity index (χ0) is 14.1. The summed E-state index contributed by atoms with van der Waals surface area (Å²) in [7, 11) is 0. The van der Waals surface area contributed by atoms with E-state index < -0.39 is 0 Å². The Labute approximate surface area is 123 Å². The molecular weight excluding hydrogens is 268 g/mol. The molecule has 3 rings (SSSR count). The number of aryl methyl sites for hydroxylation is 1. The van der Waals surface area contributed by atoms with Crippen molar-refractivity contribution in [2.24, 2.45) is 0 Å². The highest BCUT2D eigenvalue weighted by Gasteiger charge is 2.23. The third-order valence-corrected chi connectivity index (χ3v) is 4.95. The number of hydrogen-bond donors (Lipinski definition) is 0. The van der Waals surface area contributed by atoms with Crippen LogP contribution in [0.3, 0.4) is 0 Å². The summed E-state index contributed by atoms with van der Waals surface area (Å²) >= 11 is 1.76. The van der Waals surface area contributed by atoms with E-state index in [1.807, 2.05) is 11.0 Å². The van der Waals surface area contributed by atoms with Crippen molar-refractivity contribution in [2.45, 2.75) is 33.2 Å². The molecule has 1 fully saturated rings. The van der Waals surface area contributed by atoms with Crippen LogP contribution in [0.25, 0.3) is 0 Å². The monoisotopic (exact) mass is 288 g/mol. The molecule has 0 aromatic carbocycles. The van der Waals surface area contributed by atoms with Crippen LogP contribution < -0.4 is 0 Å². The molecule has 106 valence electrons. The third-order valence-electron chi connectivity index (χ3n) is 4.09. The van der Waals surface area contributed by atoms with Crippen LogP contribution in [0.4, 0.5) is 0 Å². The Balaban J connectivity index is 1.88. The van der Waals surface area contributed by atoms with Crippen LogP contribution >= 0.6 is 11.3 Å². The zero-order valence-electron chi connectivity index (χ0n) is 12.1. The second kappa shape index (κ2) is 5.44. The second-order valence-electron chi connectivity index (χ2n) is 5.45. The lowest BCUT2D eigenvalue weighted by molar-refractivity contribution is 0.0792. The molecule has 0 N–H and O–H groups in total. The topological polar surface area (TPSA) is 25.2 Å². The summed E-state index contributed by atoms with van der Waals surface area (Å²) in [6, 6.07) is 6.26. The predicted octanol–water partition coefficient (Wildman–Crippen LogP) is 3.45. The van der Waals surface area contributed by atoms with Gasteiger partial charge in [0.15, 0.2) is 0 Å². The number of carbonyl (C=O) groups excluding carboxylic acids is 1. The van der Waals surface area contributed by atoms with Gasteiger partial charge in [-0.1, -0.05) is 6.07 Å². The first-order valence-electron chi connectivity index (χ1n) is 7.15. The number of aromatic nitrogens is 1. The van der Waals surface area contributed by atoms with Gasteiger partial charge in [-0.05, 0) is 44.2 Å². The van der Waals surface area contributed by atoms with Gasteiger partial charge in [-0.15, -0.1) is 11.3 Å². The normalized spacial score (nSPS) is 15.0. The Morgan fingerprint density at radius 2 is 2.05 bits per heavy atom. The number of amides is 1. The number of carbonyl (C=O) groups is 1. The smallest absolute Gasteiger partial charge is 0.255 e. The van der Waals surface area contributed by atoms with Gasteiger partial charge >= 0.3 is 0 Å². The van der Waals surface area contributed by atoms with Gasteiger partial charge in [0, 0.05) is 29.4 Å². The summed E-state index contributed by atoms with van der Waals surface area (Å²) < 4.78 is 2.25. The van der Waals surface area contributed by atoms with Crippen molar-refractivity contribution in [3.8, 4) is 0 Å². The molecule has 1 amide bonds. The van der Waals surface area contributed by atoms with Gasteiger partial charge in [0.05, 0.1) is 12.1 Å². The average molecular weight is 288 g/mol. The summed E-state index contributed by atoms with van der Waals surface area (Å²) in [5.41, 5.74) is 3.13. The molecule has 4 heteroatoms. The van der Waals surface area contributed by atoms with Crippen LogP contribution in [0.2, 0.25) is 0 Å². The number of likely N-dealkylation sites (tertiary alicyclic amines) is 1. The summed E-state index contributed by atoms with van der Waals surface area (Å²) in [5, 5.41) is 2.10.